The highest BCUT2D eigenvalue weighted by Crippen LogP contribution is 2.19. The van der Waals surface area contributed by atoms with Crippen molar-refractivity contribution in [2.24, 2.45) is 0 Å². The van der Waals surface area contributed by atoms with Gasteiger partial charge in [0, 0.05) is 11.1 Å². The lowest BCUT2D eigenvalue weighted by Crippen LogP contribution is -2.37. The lowest BCUT2D eigenvalue weighted by molar-refractivity contribution is 0.0843. The lowest BCUT2D eigenvalue weighted by Gasteiger charge is -2.20. The summed E-state index contributed by atoms with van der Waals surface area (Å²) in [6.07, 6.45) is 0.489. The summed E-state index contributed by atoms with van der Waals surface area (Å²) in [5.74, 6) is -0.394. The molecular weight excluding hydrogens is 268 g/mol. The van der Waals surface area contributed by atoms with Crippen molar-refractivity contribution < 1.29 is 14.4 Å². The molecule has 0 aliphatic heterocycles. The number of nitrogens with zero attached hydrogens (tertiary/aromatic N) is 1. The fourth-order valence-electron chi connectivity index (χ4n) is 1.64. The van der Waals surface area contributed by atoms with Crippen molar-refractivity contribution >= 4 is 17.5 Å². The molecule has 2 N–H and O–H groups in total. The Labute approximate surface area is 115 Å². The van der Waals surface area contributed by atoms with Crippen molar-refractivity contribution in [2.45, 2.75) is 19.1 Å². The molecule has 1 heterocycles. The van der Waals surface area contributed by atoms with E-state index in [9.17, 15) is 9.90 Å². The number of carbonyl (C=O) groups excluding carboxylic acids is 1. The van der Waals surface area contributed by atoms with Gasteiger partial charge in [0.2, 0.25) is 0 Å². The van der Waals surface area contributed by atoms with E-state index >= 15 is 0 Å². The summed E-state index contributed by atoms with van der Waals surface area (Å²) in [6.45, 7) is 1.71. The van der Waals surface area contributed by atoms with Crippen LogP contribution in [-0.4, -0.2) is 22.2 Å². The van der Waals surface area contributed by atoms with Crippen LogP contribution in [0.4, 0.5) is 0 Å². The molecule has 2 aromatic rings. The first-order chi connectivity index (χ1) is 9.08. The van der Waals surface area contributed by atoms with Crippen molar-refractivity contribution in [3.63, 3.8) is 0 Å². The van der Waals surface area contributed by atoms with Gasteiger partial charge in [0.25, 0.3) is 5.91 Å². The minimum atomic E-state index is -0.826. The van der Waals surface area contributed by atoms with Gasteiger partial charge in [0.1, 0.15) is 6.26 Å². The topological polar surface area (TPSA) is 75.4 Å². The number of hydrogen-bond donors (Lipinski definition) is 2. The number of amides is 1. The summed E-state index contributed by atoms with van der Waals surface area (Å²) >= 11 is 5.78. The maximum Gasteiger partial charge on any atom is 0.273 e. The summed E-state index contributed by atoms with van der Waals surface area (Å²) in [7, 11) is 0. The number of benzene rings is 1. The molecule has 0 saturated heterocycles. The largest absolute Gasteiger partial charge is 0.386 e. The Hall–Kier alpha value is -1.85. The summed E-state index contributed by atoms with van der Waals surface area (Å²) in [5, 5.41) is 16.9. The van der Waals surface area contributed by atoms with Crippen LogP contribution < -0.4 is 5.32 Å². The first kappa shape index (κ1) is 13.6. The molecule has 19 heavy (non-hydrogen) atoms. The Morgan fingerprint density at radius 3 is 2.63 bits per heavy atom. The van der Waals surface area contributed by atoms with Crippen molar-refractivity contribution in [1.29, 1.82) is 0 Å². The highest BCUT2D eigenvalue weighted by atomic mass is 35.5. The van der Waals surface area contributed by atoms with Crippen LogP contribution in [0.5, 0.6) is 0 Å². The summed E-state index contributed by atoms with van der Waals surface area (Å²) in [6, 6.07) is 7.79. The van der Waals surface area contributed by atoms with Gasteiger partial charge in [0.15, 0.2) is 5.69 Å². The van der Waals surface area contributed by atoms with Crippen molar-refractivity contribution in [1.82, 2.24) is 10.5 Å². The standard InChI is InChI=1S/C13H13ClN2O3/c1-8(15-13(18)11-6-7-19-16-11)12(17)9-2-4-10(14)5-3-9/h2-8,12,17H,1H3,(H,15,18). The maximum atomic E-state index is 11.7. The molecule has 0 saturated carbocycles. The maximum absolute atomic E-state index is 11.7. The molecule has 1 aromatic heterocycles. The Morgan fingerprint density at radius 1 is 1.37 bits per heavy atom. The van der Waals surface area contributed by atoms with E-state index in [1.165, 1.54) is 12.3 Å². The highest BCUT2D eigenvalue weighted by molar-refractivity contribution is 6.30. The van der Waals surface area contributed by atoms with Crippen LogP contribution in [0.2, 0.25) is 5.02 Å². The summed E-state index contributed by atoms with van der Waals surface area (Å²) in [4.78, 5) is 11.7. The molecule has 0 spiro atoms. The van der Waals surface area contributed by atoms with Gasteiger partial charge in [-0.3, -0.25) is 4.79 Å². The van der Waals surface area contributed by atoms with E-state index in [1.54, 1.807) is 31.2 Å². The van der Waals surface area contributed by atoms with Gasteiger partial charge in [-0.25, -0.2) is 0 Å². The first-order valence-corrected chi connectivity index (χ1v) is 6.10. The Morgan fingerprint density at radius 2 is 2.05 bits per heavy atom. The second-order valence-electron chi connectivity index (χ2n) is 4.14. The number of halogens is 1. The minimum absolute atomic E-state index is 0.176. The van der Waals surface area contributed by atoms with Crippen LogP contribution in [0.3, 0.4) is 0 Å². The van der Waals surface area contributed by atoms with E-state index < -0.39 is 18.1 Å². The predicted molar refractivity (Wildman–Crippen MR) is 69.8 cm³/mol. The molecule has 2 rings (SSSR count). The zero-order valence-electron chi connectivity index (χ0n) is 10.2. The van der Waals surface area contributed by atoms with E-state index in [0.29, 0.717) is 10.6 Å². The van der Waals surface area contributed by atoms with Gasteiger partial charge in [-0.2, -0.15) is 0 Å². The van der Waals surface area contributed by atoms with E-state index in [0.717, 1.165) is 0 Å². The van der Waals surface area contributed by atoms with Crippen molar-refractivity contribution in [3.8, 4) is 0 Å². The van der Waals surface area contributed by atoms with Gasteiger partial charge >= 0.3 is 0 Å². The zero-order chi connectivity index (χ0) is 13.8. The van der Waals surface area contributed by atoms with Gasteiger partial charge in [0.05, 0.1) is 12.1 Å². The molecule has 0 aliphatic carbocycles. The van der Waals surface area contributed by atoms with Gasteiger partial charge in [-0.1, -0.05) is 28.9 Å². The number of hydrogen-bond acceptors (Lipinski definition) is 4. The van der Waals surface area contributed by atoms with E-state index in [2.05, 4.69) is 15.0 Å². The molecule has 2 atom stereocenters. The molecule has 6 heteroatoms. The monoisotopic (exact) mass is 280 g/mol. The molecule has 5 nitrogen and oxygen atoms in total. The molecule has 0 bridgehead atoms. The van der Waals surface area contributed by atoms with Crippen LogP contribution in [0, 0.1) is 0 Å². The van der Waals surface area contributed by atoms with Crippen LogP contribution >= 0.6 is 11.6 Å². The van der Waals surface area contributed by atoms with Crippen LogP contribution in [-0.2, 0) is 0 Å². The van der Waals surface area contributed by atoms with E-state index in [1.807, 2.05) is 0 Å². The Bertz CT molecular complexity index is 540. The summed E-state index contributed by atoms with van der Waals surface area (Å²) in [5.41, 5.74) is 0.854. The van der Waals surface area contributed by atoms with Gasteiger partial charge in [-0.15, -0.1) is 0 Å². The number of rotatable bonds is 4. The molecule has 2 unspecified atom stereocenters. The Balaban J connectivity index is 2.01. The highest BCUT2D eigenvalue weighted by Gasteiger charge is 2.20. The second-order valence-corrected chi connectivity index (χ2v) is 4.58. The second kappa shape index (κ2) is 5.86. The average molecular weight is 281 g/mol. The molecule has 1 aromatic carbocycles. The third kappa shape index (κ3) is 3.33. The third-order valence-corrected chi connectivity index (χ3v) is 2.97. The normalized spacial score (nSPS) is 13.8. The SMILES string of the molecule is CC(NC(=O)c1ccon1)C(O)c1ccc(Cl)cc1. The van der Waals surface area contributed by atoms with Crippen LogP contribution in [0.1, 0.15) is 29.1 Å². The quantitative estimate of drug-likeness (QED) is 0.900. The van der Waals surface area contributed by atoms with E-state index in [-0.39, 0.29) is 5.69 Å². The minimum Gasteiger partial charge on any atom is -0.386 e. The Kier molecular flexibility index (Phi) is 4.19. The summed E-state index contributed by atoms with van der Waals surface area (Å²) < 4.78 is 4.59. The van der Waals surface area contributed by atoms with Crippen LogP contribution in [0.25, 0.3) is 0 Å². The van der Waals surface area contributed by atoms with Gasteiger partial charge in [-0.05, 0) is 24.6 Å². The zero-order valence-corrected chi connectivity index (χ0v) is 11.0. The lowest BCUT2D eigenvalue weighted by atomic mass is 10.0. The number of aliphatic hydroxyl groups excluding tert-OH is 1. The molecule has 0 radical (unpaired) electrons. The van der Waals surface area contributed by atoms with Crippen molar-refractivity contribution in [3.05, 3.63) is 52.9 Å². The smallest absolute Gasteiger partial charge is 0.273 e. The predicted octanol–water partition coefficient (Wildman–Crippen LogP) is 2.18. The number of aromatic nitrogens is 1. The molecule has 0 fully saturated rings. The third-order valence-electron chi connectivity index (χ3n) is 2.71. The molecule has 0 aliphatic rings. The molecule has 1 amide bonds. The van der Waals surface area contributed by atoms with Gasteiger partial charge < -0.3 is 14.9 Å². The molecule has 100 valence electrons. The van der Waals surface area contributed by atoms with Crippen molar-refractivity contribution in [2.75, 3.05) is 0 Å². The first-order valence-electron chi connectivity index (χ1n) is 5.72. The van der Waals surface area contributed by atoms with E-state index in [4.69, 9.17) is 11.6 Å². The van der Waals surface area contributed by atoms with Crippen LogP contribution in [0.15, 0.2) is 41.1 Å². The number of carbonyl (C=O) groups is 1. The fourth-order valence-corrected chi connectivity index (χ4v) is 1.76. The number of nitrogens with one attached hydrogen (secondary N) is 1. The fraction of sp³-hybridized carbons (Fsp3) is 0.231. The average Bonchev–Trinajstić information content (AvgIpc) is 2.92. The molecular formula is C13H13ClN2O3. The number of aliphatic hydroxyl groups is 1.